The van der Waals surface area contributed by atoms with Crippen LogP contribution in [0.4, 0.5) is 5.69 Å². The van der Waals surface area contributed by atoms with Crippen LogP contribution in [0.2, 0.25) is 0 Å². The summed E-state index contributed by atoms with van der Waals surface area (Å²) in [6, 6.07) is 5.28. The molecule has 0 bridgehead atoms. The number of rotatable bonds is 6. The molecule has 6 nitrogen and oxygen atoms in total. The average Bonchev–Trinajstić information content (AvgIpc) is 2.29. The second-order valence-corrected chi connectivity index (χ2v) is 5.84. The van der Waals surface area contributed by atoms with E-state index < -0.39 is 20.6 Å². The van der Waals surface area contributed by atoms with E-state index in [1.165, 1.54) is 36.0 Å². The van der Waals surface area contributed by atoms with Crippen LogP contribution in [0.15, 0.2) is 29.2 Å². The molecule has 1 rings (SSSR count). The maximum Gasteiger partial charge on any atom is 0.289 e. The predicted octanol–water partition coefficient (Wildman–Crippen LogP) is 1.24. The Labute approximate surface area is 104 Å². The van der Waals surface area contributed by atoms with Crippen LogP contribution in [0, 0.1) is 10.1 Å². The highest BCUT2D eigenvalue weighted by atomic mass is 32.2. The van der Waals surface area contributed by atoms with Gasteiger partial charge < -0.3 is 0 Å². The molecule has 0 aliphatic carbocycles. The molecule has 0 amide bonds. The first-order chi connectivity index (χ1) is 7.99. The van der Waals surface area contributed by atoms with Gasteiger partial charge in [0.1, 0.15) is 0 Å². The summed E-state index contributed by atoms with van der Waals surface area (Å²) in [4.78, 5) is 9.70. The van der Waals surface area contributed by atoms with E-state index in [9.17, 15) is 18.5 Å². The van der Waals surface area contributed by atoms with E-state index in [1.54, 1.807) is 0 Å². The number of benzene rings is 1. The Kier molecular flexibility index (Phi) is 4.91. The van der Waals surface area contributed by atoms with Crippen LogP contribution in [0.5, 0.6) is 0 Å². The summed E-state index contributed by atoms with van der Waals surface area (Å²) in [5, 5.41) is 10.7. The molecule has 0 aliphatic rings. The third-order valence-electron chi connectivity index (χ3n) is 1.95. The third-order valence-corrected chi connectivity index (χ3v) is 4.07. The summed E-state index contributed by atoms with van der Waals surface area (Å²) in [6.45, 7) is 0.246. The van der Waals surface area contributed by atoms with Crippen LogP contribution < -0.4 is 4.72 Å². The summed E-state index contributed by atoms with van der Waals surface area (Å²) in [7, 11) is -3.81. The highest BCUT2D eigenvalue weighted by Gasteiger charge is 2.24. The largest absolute Gasteiger partial charge is 0.289 e. The number of nitrogens with one attached hydrogen (secondary N) is 1. The van der Waals surface area contributed by atoms with Gasteiger partial charge in [-0.3, -0.25) is 10.1 Å². The van der Waals surface area contributed by atoms with Crippen LogP contribution >= 0.6 is 11.8 Å². The molecule has 0 unspecified atom stereocenters. The lowest BCUT2D eigenvalue weighted by Gasteiger charge is -2.06. The monoisotopic (exact) mass is 276 g/mol. The summed E-state index contributed by atoms with van der Waals surface area (Å²) < 4.78 is 25.9. The zero-order valence-electron chi connectivity index (χ0n) is 9.12. The summed E-state index contributed by atoms with van der Waals surface area (Å²) in [6.07, 6.45) is 1.85. The second kappa shape index (κ2) is 5.99. The van der Waals surface area contributed by atoms with E-state index in [2.05, 4.69) is 4.72 Å². The van der Waals surface area contributed by atoms with Gasteiger partial charge in [-0.1, -0.05) is 12.1 Å². The van der Waals surface area contributed by atoms with Gasteiger partial charge in [-0.15, -0.1) is 0 Å². The summed E-state index contributed by atoms with van der Waals surface area (Å²) in [5.41, 5.74) is -0.413. The minimum absolute atomic E-state index is 0.246. The van der Waals surface area contributed by atoms with Crippen molar-refractivity contribution in [2.24, 2.45) is 0 Å². The van der Waals surface area contributed by atoms with Crippen LogP contribution in [-0.4, -0.2) is 31.9 Å². The highest BCUT2D eigenvalue weighted by Crippen LogP contribution is 2.22. The third kappa shape index (κ3) is 3.69. The van der Waals surface area contributed by atoms with Crippen molar-refractivity contribution in [1.29, 1.82) is 0 Å². The maximum atomic E-state index is 11.8. The molecule has 0 spiro atoms. The minimum Gasteiger partial charge on any atom is -0.258 e. The molecular weight excluding hydrogens is 264 g/mol. The van der Waals surface area contributed by atoms with Crippen LogP contribution in [0.1, 0.15) is 0 Å². The molecule has 1 N–H and O–H groups in total. The molecule has 1 aromatic carbocycles. The van der Waals surface area contributed by atoms with Gasteiger partial charge in [0.25, 0.3) is 5.69 Å². The van der Waals surface area contributed by atoms with Crippen molar-refractivity contribution in [2.45, 2.75) is 4.90 Å². The zero-order chi connectivity index (χ0) is 12.9. The SMILES string of the molecule is CSCCNS(=O)(=O)c1ccccc1[N+](=O)[O-]. The normalized spacial score (nSPS) is 11.4. The molecule has 8 heteroatoms. The molecule has 94 valence electrons. The van der Waals surface area contributed by atoms with Crippen LogP contribution in [-0.2, 0) is 10.0 Å². The number of sulfonamides is 1. The van der Waals surface area contributed by atoms with Crippen molar-refractivity contribution < 1.29 is 13.3 Å². The lowest BCUT2D eigenvalue weighted by Crippen LogP contribution is -2.26. The molecular formula is C9H12N2O4S2. The van der Waals surface area contributed by atoms with E-state index in [0.717, 1.165) is 0 Å². The van der Waals surface area contributed by atoms with E-state index in [0.29, 0.717) is 5.75 Å². The molecule has 17 heavy (non-hydrogen) atoms. The lowest BCUT2D eigenvalue weighted by atomic mass is 10.3. The molecule has 0 aliphatic heterocycles. The fourth-order valence-corrected chi connectivity index (χ4v) is 2.83. The molecule has 1 aromatic rings. The molecule has 0 saturated carbocycles. The first-order valence-electron chi connectivity index (χ1n) is 4.71. The first kappa shape index (κ1) is 13.9. The predicted molar refractivity (Wildman–Crippen MR) is 66.7 cm³/mol. The molecule has 0 aromatic heterocycles. The Hall–Kier alpha value is -1.12. The van der Waals surface area contributed by atoms with Gasteiger partial charge in [-0.2, -0.15) is 11.8 Å². The van der Waals surface area contributed by atoms with Gasteiger partial charge in [0.15, 0.2) is 4.90 Å². The number of nitro benzene ring substituents is 1. The number of hydrogen-bond donors (Lipinski definition) is 1. The van der Waals surface area contributed by atoms with E-state index in [4.69, 9.17) is 0 Å². The molecule has 0 radical (unpaired) electrons. The van der Waals surface area contributed by atoms with Gasteiger partial charge in [-0.25, -0.2) is 13.1 Å². The first-order valence-corrected chi connectivity index (χ1v) is 7.59. The van der Waals surface area contributed by atoms with Gasteiger partial charge in [0, 0.05) is 18.4 Å². The topological polar surface area (TPSA) is 89.3 Å². The average molecular weight is 276 g/mol. The molecule has 0 atom stereocenters. The number of para-hydroxylation sites is 1. The summed E-state index contributed by atoms with van der Waals surface area (Å²) >= 11 is 1.49. The molecule has 0 saturated heterocycles. The standard InChI is InChI=1S/C9H12N2O4S2/c1-16-7-6-10-17(14,15)9-5-3-2-4-8(9)11(12)13/h2-5,10H,6-7H2,1H3. The van der Waals surface area contributed by atoms with Gasteiger partial charge in [0.2, 0.25) is 10.0 Å². The van der Waals surface area contributed by atoms with Gasteiger partial charge in [-0.05, 0) is 12.3 Å². The van der Waals surface area contributed by atoms with E-state index in [1.807, 2.05) is 6.26 Å². The fourth-order valence-electron chi connectivity index (χ4n) is 1.19. The maximum absolute atomic E-state index is 11.8. The quantitative estimate of drug-likeness (QED) is 0.479. The number of hydrogen-bond acceptors (Lipinski definition) is 5. The molecule has 0 fully saturated rings. The van der Waals surface area contributed by atoms with E-state index >= 15 is 0 Å². The highest BCUT2D eigenvalue weighted by molar-refractivity contribution is 7.98. The molecule has 0 heterocycles. The fraction of sp³-hybridized carbons (Fsp3) is 0.333. The van der Waals surface area contributed by atoms with Crippen molar-refractivity contribution in [3.05, 3.63) is 34.4 Å². The Balaban J connectivity index is 3.02. The van der Waals surface area contributed by atoms with E-state index in [-0.39, 0.29) is 11.4 Å². The number of nitro groups is 1. The summed E-state index contributed by atoms with van der Waals surface area (Å²) in [5.74, 6) is 0.611. The Morgan fingerprint density at radius 1 is 1.41 bits per heavy atom. The Bertz CT molecular complexity index is 501. The van der Waals surface area contributed by atoms with Crippen molar-refractivity contribution in [2.75, 3.05) is 18.6 Å². The Morgan fingerprint density at radius 2 is 2.06 bits per heavy atom. The van der Waals surface area contributed by atoms with Crippen molar-refractivity contribution >= 4 is 27.5 Å². The minimum atomic E-state index is -3.81. The van der Waals surface area contributed by atoms with Crippen molar-refractivity contribution in [3.63, 3.8) is 0 Å². The van der Waals surface area contributed by atoms with Crippen molar-refractivity contribution in [1.82, 2.24) is 4.72 Å². The smallest absolute Gasteiger partial charge is 0.258 e. The number of nitrogens with zero attached hydrogens (tertiary/aromatic N) is 1. The number of thioether (sulfide) groups is 1. The van der Waals surface area contributed by atoms with Crippen molar-refractivity contribution in [3.8, 4) is 0 Å². The zero-order valence-corrected chi connectivity index (χ0v) is 10.8. The van der Waals surface area contributed by atoms with Crippen LogP contribution in [0.3, 0.4) is 0 Å². The van der Waals surface area contributed by atoms with Gasteiger partial charge >= 0.3 is 0 Å². The van der Waals surface area contributed by atoms with Crippen LogP contribution in [0.25, 0.3) is 0 Å². The Morgan fingerprint density at radius 3 is 2.65 bits per heavy atom. The van der Waals surface area contributed by atoms with Gasteiger partial charge in [0.05, 0.1) is 4.92 Å². The second-order valence-electron chi connectivity index (χ2n) is 3.12. The lowest BCUT2D eigenvalue weighted by molar-refractivity contribution is -0.387.